The largest absolute Gasteiger partial charge is 0.336 e. The number of halogens is 1. The van der Waals surface area contributed by atoms with Crippen molar-refractivity contribution >= 4 is 18.7 Å². The summed E-state index contributed by atoms with van der Waals surface area (Å²) < 4.78 is 0. The summed E-state index contributed by atoms with van der Waals surface area (Å²) in [6.45, 7) is 7.69. The number of allylic oxidation sites excluding steroid dienone is 1. The molecule has 1 aliphatic heterocycles. The molecule has 0 N–H and O–H groups in total. The Kier molecular flexibility index (Phi) is 3.32. The first-order valence-electron chi connectivity index (χ1n) is 2.73. The van der Waals surface area contributed by atoms with Crippen LogP contribution < -0.4 is 0 Å². The van der Waals surface area contributed by atoms with Crippen LogP contribution in [0.1, 0.15) is 6.92 Å². The van der Waals surface area contributed by atoms with Gasteiger partial charge in [0.25, 0.3) is 0 Å². The molecule has 0 amide bonds. The van der Waals surface area contributed by atoms with Gasteiger partial charge in [-0.15, -0.1) is 12.4 Å². The van der Waals surface area contributed by atoms with E-state index in [2.05, 4.69) is 11.6 Å². The van der Waals surface area contributed by atoms with Crippen LogP contribution >= 0.6 is 12.4 Å². The molecule has 0 saturated carbocycles. The SMILES string of the molecule is C=C(C)N1C=NCC1.Cl. The van der Waals surface area contributed by atoms with Gasteiger partial charge in [0.15, 0.2) is 0 Å². The Morgan fingerprint density at radius 2 is 2.44 bits per heavy atom. The molecule has 0 atom stereocenters. The van der Waals surface area contributed by atoms with E-state index >= 15 is 0 Å². The molecule has 2 nitrogen and oxygen atoms in total. The molecule has 1 rings (SSSR count). The van der Waals surface area contributed by atoms with Gasteiger partial charge in [0.2, 0.25) is 0 Å². The van der Waals surface area contributed by atoms with Gasteiger partial charge in [-0.3, -0.25) is 4.99 Å². The van der Waals surface area contributed by atoms with Crippen LogP contribution in [0.3, 0.4) is 0 Å². The topological polar surface area (TPSA) is 15.6 Å². The Hall–Kier alpha value is -0.500. The second-order valence-corrected chi connectivity index (χ2v) is 1.95. The highest BCUT2D eigenvalue weighted by Crippen LogP contribution is 2.00. The van der Waals surface area contributed by atoms with E-state index in [1.54, 1.807) is 0 Å². The van der Waals surface area contributed by atoms with Gasteiger partial charge in [-0.05, 0) is 6.92 Å². The predicted molar refractivity (Wildman–Crippen MR) is 42.1 cm³/mol. The van der Waals surface area contributed by atoms with E-state index in [9.17, 15) is 0 Å². The first kappa shape index (κ1) is 8.50. The molecule has 3 heteroatoms. The Morgan fingerprint density at radius 1 is 1.78 bits per heavy atom. The minimum Gasteiger partial charge on any atom is -0.336 e. The molecule has 0 aromatic rings. The maximum atomic E-state index is 4.03. The number of nitrogens with zero attached hydrogens (tertiary/aromatic N) is 2. The van der Waals surface area contributed by atoms with Crippen molar-refractivity contribution in [2.75, 3.05) is 13.1 Å². The molecule has 0 fully saturated rings. The highest BCUT2D eigenvalue weighted by atomic mass is 35.5. The van der Waals surface area contributed by atoms with Gasteiger partial charge in [-0.1, -0.05) is 6.58 Å². The molecule has 0 aromatic carbocycles. The van der Waals surface area contributed by atoms with E-state index < -0.39 is 0 Å². The summed E-state index contributed by atoms with van der Waals surface area (Å²) in [5, 5.41) is 0. The highest BCUT2D eigenvalue weighted by molar-refractivity contribution is 5.85. The fourth-order valence-electron chi connectivity index (χ4n) is 0.669. The van der Waals surface area contributed by atoms with Crippen molar-refractivity contribution in [3.05, 3.63) is 12.3 Å². The van der Waals surface area contributed by atoms with E-state index in [-0.39, 0.29) is 12.4 Å². The lowest BCUT2D eigenvalue weighted by Gasteiger charge is -2.11. The number of hydrogen-bond acceptors (Lipinski definition) is 2. The van der Waals surface area contributed by atoms with Crippen molar-refractivity contribution in [2.24, 2.45) is 4.99 Å². The second-order valence-electron chi connectivity index (χ2n) is 1.95. The summed E-state index contributed by atoms with van der Waals surface area (Å²) in [5.41, 5.74) is 1.08. The smallest absolute Gasteiger partial charge is 0.0892 e. The summed E-state index contributed by atoms with van der Waals surface area (Å²) in [7, 11) is 0. The molecule has 0 radical (unpaired) electrons. The molecule has 9 heavy (non-hydrogen) atoms. The maximum Gasteiger partial charge on any atom is 0.0892 e. The lowest BCUT2D eigenvalue weighted by atomic mass is 10.5. The van der Waals surface area contributed by atoms with Crippen molar-refractivity contribution in [3.8, 4) is 0 Å². The summed E-state index contributed by atoms with van der Waals surface area (Å²) in [6, 6.07) is 0. The molecule has 0 aliphatic carbocycles. The second kappa shape index (κ2) is 3.51. The van der Waals surface area contributed by atoms with Crippen LogP contribution in [0.2, 0.25) is 0 Å². The van der Waals surface area contributed by atoms with Gasteiger partial charge in [0.1, 0.15) is 0 Å². The molecule has 0 unspecified atom stereocenters. The van der Waals surface area contributed by atoms with Crippen molar-refractivity contribution in [3.63, 3.8) is 0 Å². The molecule has 1 aliphatic rings. The Labute approximate surface area is 61.7 Å². The van der Waals surface area contributed by atoms with Crippen molar-refractivity contribution in [1.82, 2.24) is 4.90 Å². The van der Waals surface area contributed by atoms with Crippen molar-refractivity contribution < 1.29 is 0 Å². The van der Waals surface area contributed by atoms with E-state index in [4.69, 9.17) is 0 Å². The van der Waals surface area contributed by atoms with Crippen molar-refractivity contribution in [1.29, 1.82) is 0 Å². The third-order valence-electron chi connectivity index (χ3n) is 1.18. The number of hydrogen-bond donors (Lipinski definition) is 0. The third kappa shape index (κ3) is 2.06. The zero-order chi connectivity index (χ0) is 5.98. The molecular formula is C6H11ClN2. The van der Waals surface area contributed by atoms with Gasteiger partial charge in [-0.25, -0.2) is 0 Å². The van der Waals surface area contributed by atoms with Crippen LogP contribution in [-0.4, -0.2) is 24.3 Å². The monoisotopic (exact) mass is 146 g/mol. The van der Waals surface area contributed by atoms with E-state index in [0.29, 0.717) is 0 Å². The first-order chi connectivity index (χ1) is 3.80. The Balaban J connectivity index is 0.000000640. The van der Waals surface area contributed by atoms with Crippen molar-refractivity contribution in [2.45, 2.75) is 6.92 Å². The normalized spacial score (nSPS) is 15.4. The van der Waals surface area contributed by atoms with Gasteiger partial charge >= 0.3 is 0 Å². The van der Waals surface area contributed by atoms with Gasteiger partial charge in [0.05, 0.1) is 12.9 Å². The minimum absolute atomic E-state index is 0. The van der Waals surface area contributed by atoms with Crippen LogP contribution in [0.4, 0.5) is 0 Å². The van der Waals surface area contributed by atoms with Crippen LogP contribution in [-0.2, 0) is 0 Å². The zero-order valence-electron chi connectivity index (χ0n) is 5.50. The molecule has 0 bridgehead atoms. The fraction of sp³-hybridized carbons (Fsp3) is 0.500. The van der Waals surface area contributed by atoms with E-state index in [0.717, 1.165) is 18.8 Å². The molecule has 0 aromatic heterocycles. The lowest BCUT2D eigenvalue weighted by molar-refractivity contribution is 0.577. The van der Waals surface area contributed by atoms with Crippen LogP contribution in [0, 0.1) is 0 Å². The Bertz CT molecular complexity index is 131. The lowest BCUT2D eigenvalue weighted by Crippen LogP contribution is -2.15. The maximum absolute atomic E-state index is 4.03. The molecule has 0 saturated heterocycles. The Morgan fingerprint density at radius 3 is 2.67 bits per heavy atom. The minimum atomic E-state index is 0. The number of rotatable bonds is 1. The quantitative estimate of drug-likeness (QED) is 0.544. The summed E-state index contributed by atoms with van der Waals surface area (Å²) in [6.07, 6.45) is 1.84. The average Bonchev–Trinajstić information content (AvgIpc) is 2.12. The summed E-state index contributed by atoms with van der Waals surface area (Å²) in [5.74, 6) is 0. The zero-order valence-corrected chi connectivity index (χ0v) is 6.32. The van der Waals surface area contributed by atoms with Crippen LogP contribution in [0.5, 0.6) is 0 Å². The van der Waals surface area contributed by atoms with Gasteiger partial charge in [0, 0.05) is 12.2 Å². The molecular weight excluding hydrogens is 136 g/mol. The van der Waals surface area contributed by atoms with E-state index in [1.165, 1.54) is 0 Å². The fourth-order valence-corrected chi connectivity index (χ4v) is 0.669. The standard InChI is InChI=1S/C6H10N2.ClH/c1-6(2)8-4-3-7-5-8;/h5H,1,3-4H2,2H3;1H. The van der Waals surface area contributed by atoms with Crippen LogP contribution in [0.15, 0.2) is 17.3 Å². The van der Waals surface area contributed by atoms with Crippen LogP contribution in [0.25, 0.3) is 0 Å². The summed E-state index contributed by atoms with van der Waals surface area (Å²) >= 11 is 0. The third-order valence-corrected chi connectivity index (χ3v) is 1.18. The molecule has 52 valence electrons. The predicted octanol–water partition coefficient (Wildman–Crippen LogP) is 1.29. The number of aliphatic imine (C=N–C) groups is 1. The van der Waals surface area contributed by atoms with E-state index in [1.807, 2.05) is 18.2 Å². The highest BCUT2D eigenvalue weighted by Gasteiger charge is 2.02. The van der Waals surface area contributed by atoms with Gasteiger partial charge < -0.3 is 4.90 Å². The average molecular weight is 147 g/mol. The first-order valence-corrected chi connectivity index (χ1v) is 2.73. The summed E-state index contributed by atoms with van der Waals surface area (Å²) in [4.78, 5) is 6.07. The molecule has 0 spiro atoms. The van der Waals surface area contributed by atoms with Gasteiger partial charge in [-0.2, -0.15) is 0 Å². The molecule has 1 heterocycles.